The van der Waals surface area contributed by atoms with Crippen LogP contribution in [0.1, 0.15) is 111 Å². The van der Waals surface area contributed by atoms with Crippen LogP contribution in [0.4, 0.5) is 0 Å². The summed E-state index contributed by atoms with van der Waals surface area (Å²) >= 11 is -1.92. The second-order valence-corrected chi connectivity index (χ2v) is 22.5. The van der Waals surface area contributed by atoms with Gasteiger partial charge in [0.25, 0.3) is 0 Å². The summed E-state index contributed by atoms with van der Waals surface area (Å²) in [5.74, 6) is 0. The summed E-state index contributed by atoms with van der Waals surface area (Å²) in [4.78, 5) is 0. The second-order valence-electron chi connectivity index (χ2n) is 8.07. The van der Waals surface area contributed by atoms with Crippen molar-refractivity contribution in [3.8, 4) is 0 Å². The van der Waals surface area contributed by atoms with E-state index in [1.54, 1.807) is 58.3 Å². The predicted molar refractivity (Wildman–Crippen MR) is 106 cm³/mol. The third-order valence-electron chi connectivity index (χ3n) is 6.31. The first-order chi connectivity index (χ1) is 10.8. The van der Waals surface area contributed by atoms with Gasteiger partial charge in [-0.25, -0.2) is 0 Å². The zero-order valence-electron chi connectivity index (χ0n) is 16.1. The standard InChI is InChI=1S/C9H17.3C4H9.Sn/c1-2-4-6-8-9-7-5-3-1;3*1-3-4-2;/h1H,2-9H2;3*1,3-4H2,2H3;. The Morgan fingerprint density at radius 3 is 1.32 bits per heavy atom. The van der Waals surface area contributed by atoms with Gasteiger partial charge in [-0.1, -0.05) is 0 Å². The van der Waals surface area contributed by atoms with Gasteiger partial charge < -0.3 is 0 Å². The van der Waals surface area contributed by atoms with E-state index in [-0.39, 0.29) is 0 Å². The van der Waals surface area contributed by atoms with Crippen LogP contribution in [0.15, 0.2) is 0 Å². The van der Waals surface area contributed by atoms with Gasteiger partial charge in [0.05, 0.1) is 0 Å². The number of hydrogen-bond acceptors (Lipinski definition) is 0. The van der Waals surface area contributed by atoms with Crippen LogP contribution in [0.2, 0.25) is 17.2 Å². The van der Waals surface area contributed by atoms with Crippen molar-refractivity contribution in [2.24, 2.45) is 0 Å². The molecule has 22 heavy (non-hydrogen) atoms. The van der Waals surface area contributed by atoms with Gasteiger partial charge in [0.2, 0.25) is 0 Å². The summed E-state index contributed by atoms with van der Waals surface area (Å²) in [5, 5.41) is 0. The fourth-order valence-electron chi connectivity index (χ4n) is 4.82. The van der Waals surface area contributed by atoms with Crippen LogP contribution in [0.25, 0.3) is 0 Å². The maximum atomic E-state index is 2.42. The van der Waals surface area contributed by atoms with Crippen molar-refractivity contribution in [3.63, 3.8) is 0 Å². The Labute approximate surface area is 146 Å². The molecule has 132 valence electrons. The molecule has 1 rings (SSSR count). The molecule has 1 aliphatic rings. The van der Waals surface area contributed by atoms with Gasteiger partial charge in [-0.3, -0.25) is 0 Å². The van der Waals surface area contributed by atoms with Crippen molar-refractivity contribution < 1.29 is 0 Å². The third-order valence-corrected chi connectivity index (χ3v) is 24.5. The molecule has 0 N–H and O–H groups in total. The van der Waals surface area contributed by atoms with Crippen LogP contribution in [0.5, 0.6) is 0 Å². The molecule has 0 aromatic carbocycles. The number of hydrogen-bond donors (Lipinski definition) is 0. The second kappa shape index (κ2) is 13.1. The van der Waals surface area contributed by atoms with E-state index >= 15 is 0 Å². The molecule has 1 fully saturated rings. The summed E-state index contributed by atoms with van der Waals surface area (Å²) < 4.78 is 6.44. The Morgan fingerprint density at radius 2 is 0.955 bits per heavy atom. The van der Waals surface area contributed by atoms with Gasteiger partial charge in [0.15, 0.2) is 0 Å². The van der Waals surface area contributed by atoms with Crippen molar-refractivity contribution in [2.45, 2.75) is 128 Å². The van der Waals surface area contributed by atoms with E-state index in [0.717, 1.165) is 0 Å². The van der Waals surface area contributed by atoms with Crippen molar-refractivity contribution in [3.05, 3.63) is 0 Å². The quantitative estimate of drug-likeness (QED) is 0.315. The average Bonchev–Trinajstić information content (AvgIpc) is 2.69. The van der Waals surface area contributed by atoms with Gasteiger partial charge in [-0.05, 0) is 0 Å². The van der Waals surface area contributed by atoms with Gasteiger partial charge in [-0.2, -0.15) is 0 Å². The van der Waals surface area contributed by atoms with Crippen LogP contribution in [0.3, 0.4) is 0 Å². The molecule has 0 nitrogen and oxygen atoms in total. The molecule has 0 saturated heterocycles. The van der Waals surface area contributed by atoms with Crippen molar-refractivity contribution in [1.29, 1.82) is 0 Å². The molecule has 0 aliphatic heterocycles. The molecule has 0 radical (unpaired) electrons. The Kier molecular flexibility index (Phi) is 12.4. The van der Waals surface area contributed by atoms with Crippen LogP contribution in [0, 0.1) is 0 Å². The van der Waals surface area contributed by atoms with E-state index in [1.165, 1.54) is 48.9 Å². The normalized spacial score (nSPS) is 18.7. The number of unbranched alkanes of at least 4 members (excludes halogenated alkanes) is 3. The maximum absolute atomic E-state index is 2.42. The van der Waals surface area contributed by atoms with E-state index < -0.39 is 18.4 Å². The van der Waals surface area contributed by atoms with Gasteiger partial charge in [-0.15, -0.1) is 0 Å². The third kappa shape index (κ3) is 7.58. The summed E-state index contributed by atoms with van der Waals surface area (Å²) in [6.07, 6.45) is 21.5. The molecule has 0 amide bonds. The Morgan fingerprint density at radius 1 is 0.591 bits per heavy atom. The first-order valence-electron chi connectivity index (χ1n) is 10.8. The molecule has 0 spiro atoms. The molecule has 1 aliphatic carbocycles. The average molecular weight is 415 g/mol. The molecular formula is C21H44Sn. The minimum atomic E-state index is -1.92. The topological polar surface area (TPSA) is 0 Å². The SMILES string of the molecule is CCC[CH2][Sn]([CH2]CCC)([CH2]CCC)[CH]1CCCCCCCC1. The molecule has 0 atom stereocenters. The van der Waals surface area contributed by atoms with Crippen LogP contribution in [-0.2, 0) is 0 Å². The van der Waals surface area contributed by atoms with E-state index in [9.17, 15) is 0 Å². The van der Waals surface area contributed by atoms with Gasteiger partial charge in [0, 0.05) is 0 Å². The Hall–Kier alpha value is 0.799. The summed E-state index contributed by atoms with van der Waals surface area (Å²) in [6, 6.07) is 0. The predicted octanol–water partition coefficient (Wildman–Crippen LogP) is 8.34. The van der Waals surface area contributed by atoms with Crippen molar-refractivity contribution in [1.82, 2.24) is 0 Å². The van der Waals surface area contributed by atoms with E-state index in [2.05, 4.69) is 20.8 Å². The molecule has 0 aromatic rings. The van der Waals surface area contributed by atoms with E-state index in [1.807, 2.05) is 0 Å². The summed E-state index contributed by atoms with van der Waals surface area (Å²) in [5.41, 5.74) is 0. The minimum absolute atomic E-state index is 1.25. The number of rotatable bonds is 10. The Balaban J connectivity index is 2.83. The fraction of sp³-hybridized carbons (Fsp3) is 1.00. The fourth-order valence-corrected chi connectivity index (χ4v) is 24.2. The van der Waals surface area contributed by atoms with E-state index in [0.29, 0.717) is 0 Å². The van der Waals surface area contributed by atoms with Crippen LogP contribution in [-0.4, -0.2) is 18.4 Å². The zero-order chi connectivity index (χ0) is 16.1. The molecule has 0 aromatic heterocycles. The molecule has 0 unspecified atom stereocenters. The summed E-state index contributed by atoms with van der Waals surface area (Å²) in [6.45, 7) is 7.25. The van der Waals surface area contributed by atoms with Crippen molar-refractivity contribution in [2.75, 3.05) is 0 Å². The monoisotopic (exact) mass is 416 g/mol. The van der Waals surface area contributed by atoms with Gasteiger partial charge in [0.1, 0.15) is 0 Å². The van der Waals surface area contributed by atoms with Crippen molar-refractivity contribution >= 4 is 18.4 Å². The molecule has 1 saturated carbocycles. The Bertz CT molecular complexity index is 217. The molecule has 1 heteroatoms. The van der Waals surface area contributed by atoms with Crippen LogP contribution < -0.4 is 0 Å². The van der Waals surface area contributed by atoms with Crippen LogP contribution >= 0.6 is 0 Å². The van der Waals surface area contributed by atoms with Gasteiger partial charge >= 0.3 is 146 Å². The van der Waals surface area contributed by atoms with E-state index in [4.69, 9.17) is 0 Å². The first kappa shape index (κ1) is 20.8. The summed E-state index contributed by atoms with van der Waals surface area (Å²) in [7, 11) is 0. The zero-order valence-corrected chi connectivity index (χ0v) is 19.0. The molecule has 0 bridgehead atoms. The molecular weight excluding hydrogens is 371 g/mol. The first-order valence-corrected chi connectivity index (χ1v) is 18.5. The molecule has 0 heterocycles.